The third-order valence-electron chi connectivity index (χ3n) is 18.5. The number of hydrogen-bond acceptors (Lipinski definition) is 18. The van der Waals surface area contributed by atoms with Gasteiger partial charge in [-0.3, -0.25) is 4.79 Å². The number of amides is 1. The van der Waals surface area contributed by atoms with Gasteiger partial charge in [-0.05, 0) is 96.3 Å². The van der Waals surface area contributed by atoms with Crippen LogP contribution in [0.4, 0.5) is 0 Å². The van der Waals surface area contributed by atoms with Crippen LogP contribution in [0.3, 0.4) is 0 Å². The van der Waals surface area contributed by atoms with E-state index in [1.165, 1.54) is 116 Å². The number of ether oxygens (including phenoxy) is 6. The summed E-state index contributed by atoms with van der Waals surface area (Å²) >= 11 is 0. The molecule has 0 aromatic carbocycles. The molecule has 3 fully saturated rings. The number of hydrogen-bond donors (Lipinski definition) is 12. The quantitative estimate of drug-likeness (QED) is 0.0199. The van der Waals surface area contributed by atoms with Gasteiger partial charge in [0.05, 0.1) is 38.6 Å². The standard InChI is InChI=1S/C82H137NO18/c1-3-5-7-9-11-13-15-17-19-21-23-25-27-28-29-30-31-32-33-34-35-36-38-40-42-44-46-48-50-52-54-56-58-60-70(88)83-65(66(87)59-57-55-53-51-49-47-45-43-41-39-37-26-24-22-20-18-16-14-12-10-8-6-4-2)64-96-80-76(94)73(91)78(68(62-85)98-80)101-82-77(95)74(92)79(69(63-86)99-82)100-81-75(93)72(90)71(89)67(61-84)97-81/h5,7,11,13,17,19,23,25,28-29,31-32,34-35,38,40,44,46,50,52,57,59,65-69,71-82,84-87,89-95H,3-4,6,8-10,12,14-16,18,20-22,24,26-27,30,33,36-37,39,41-43,45,47-49,51,53-56,58,60-64H2,1-2H3,(H,83,88)/b7-5-,13-11-,19-17-,25-23-,29-28-,32-31-,35-34-,40-38-,46-44-,52-50-,59-57+. The molecular weight excluding hydrogens is 1290 g/mol. The fraction of sp³-hybridized carbons (Fsp3) is 0.720. The molecule has 3 heterocycles. The summed E-state index contributed by atoms with van der Waals surface area (Å²) < 4.78 is 34.4. The third-order valence-corrected chi connectivity index (χ3v) is 18.5. The number of carbonyl (C=O) groups is 1. The minimum atomic E-state index is -1.99. The molecule has 17 atom stereocenters. The highest BCUT2D eigenvalue weighted by molar-refractivity contribution is 5.76. The minimum absolute atomic E-state index is 0.179. The second-order valence-corrected chi connectivity index (χ2v) is 27.1. The molecule has 0 spiro atoms. The highest BCUT2D eigenvalue weighted by Crippen LogP contribution is 2.33. The van der Waals surface area contributed by atoms with Crippen molar-refractivity contribution in [3.05, 3.63) is 134 Å². The number of aliphatic hydroxyl groups excluding tert-OH is 11. The first-order chi connectivity index (χ1) is 49.3. The van der Waals surface area contributed by atoms with Crippen LogP contribution < -0.4 is 5.32 Å². The van der Waals surface area contributed by atoms with Crippen molar-refractivity contribution in [2.45, 2.75) is 349 Å². The van der Waals surface area contributed by atoms with Gasteiger partial charge < -0.3 is 89.9 Å². The molecule has 0 saturated carbocycles. The Kier molecular flexibility index (Phi) is 55.2. The van der Waals surface area contributed by atoms with Gasteiger partial charge in [0.2, 0.25) is 5.91 Å². The summed E-state index contributed by atoms with van der Waals surface area (Å²) in [5, 5.41) is 121. The lowest BCUT2D eigenvalue weighted by Gasteiger charge is -2.48. The predicted molar refractivity (Wildman–Crippen MR) is 401 cm³/mol. The Labute approximate surface area is 607 Å². The fourth-order valence-electron chi connectivity index (χ4n) is 12.2. The van der Waals surface area contributed by atoms with E-state index in [0.29, 0.717) is 6.42 Å². The van der Waals surface area contributed by atoms with Gasteiger partial charge in [-0.2, -0.15) is 0 Å². The zero-order valence-electron chi connectivity index (χ0n) is 61.6. The lowest BCUT2D eigenvalue weighted by molar-refractivity contribution is -0.379. The van der Waals surface area contributed by atoms with E-state index < -0.39 is 124 Å². The number of rotatable bonds is 59. The highest BCUT2D eigenvalue weighted by Gasteiger charge is 2.53. The topological polar surface area (TPSA) is 307 Å². The van der Waals surface area contributed by atoms with Gasteiger partial charge >= 0.3 is 0 Å². The van der Waals surface area contributed by atoms with Crippen molar-refractivity contribution in [1.29, 1.82) is 0 Å². The lowest BCUT2D eigenvalue weighted by atomic mass is 9.96. The van der Waals surface area contributed by atoms with E-state index in [9.17, 15) is 61.0 Å². The average molecular weight is 1420 g/mol. The van der Waals surface area contributed by atoms with Crippen LogP contribution in [0.15, 0.2) is 134 Å². The Morgan fingerprint density at radius 3 is 1.07 bits per heavy atom. The molecule has 0 aromatic heterocycles. The average Bonchev–Trinajstić information content (AvgIpc) is 0.783. The maximum absolute atomic E-state index is 13.4. The highest BCUT2D eigenvalue weighted by atomic mass is 16.8. The Bertz CT molecular complexity index is 2350. The maximum atomic E-state index is 13.4. The van der Waals surface area contributed by atoms with Gasteiger partial charge in [0.25, 0.3) is 0 Å². The predicted octanol–water partition coefficient (Wildman–Crippen LogP) is 12.5. The molecule has 19 nitrogen and oxygen atoms in total. The number of carbonyl (C=O) groups excluding carboxylic acids is 1. The molecule has 578 valence electrons. The van der Waals surface area contributed by atoms with Gasteiger partial charge in [0, 0.05) is 6.42 Å². The molecular formula is C82H137NO18. The van der Waals surface area contributed by atoms with Crippen LogP contribution in [0.25, 0.3) is 0 Å². The SMILES string of the molecule is CC/C=C\C/C=C\C/C=C\C/C=C\C/C=C\C/C=C\C/C=C\C/C=C\C/C=C\C/C=C\CCCCC(=O)NC(COC1OC(CO)C(OC2OC(CO)C(OC3OC(CO)C(O)C(O)C3O)C(O)C2O)C(O)C1O)C(O)/C=C/CCCCCCCCCCCCCCCCCCCCCCC. The Balaban J connectivity index is 1.42. The van der Waals surface area contributed by atoms with E-state index in [0.717, 1.165) is 103 Å². The van der Waals surface area contributed by atoms with Crippen LogP contribution in [0.5, 0.6) is 0 Å². The first-order valence-electron chi connectivity index (χ1n) is 38.9. The van der Waals surface area contributed by atoms with Crippen LogP contribution in [0.1, 0.15) is 245 Å². The van der Waals surface area contributed by atoms with Crippen LogP contribution in [-0.4, -0.2) is 193 Å². The summed E-state index contributed by atoms with van der Waals surface area (Å²) in [6.07, 6.45) is 59.9. The van der Waals surface area contributed by atoms with E-state index in [1.54, 1.807) is 6.08 Å². The molecule has 0 aliphatic carbocycles. The second kappa shape index (κ2) is 61.1. The molecule has 101 heavy (non-hydrogen) atoms. The molecule has 0 bridgehead atoms. The Hall–Kier alpha value is -4.07. The summed E-state index contributed by atoms with van der Waals surface area (Å²) in [5.74, 6) is -0.321. The van der Waals surface area contributed by atoms with E-state index >= 15 is 0 Å². The fourth-order valence-corrected chi connectivity index (χ4v) is 12.2. The lowest BCUT2D eigenvalue weighted by Crippen LogP contribution is -2.66. The number of unbranched alkanes of at least 4 members (excludes halogenated alkanes) is 23. The van der Waals surface area contributed by atoms with Gasteiger partial charge in [0.15, 0.2) is 18.9 Å². The maximum Gasteiger partial charge on any atom is 0.220 e. The van der Waals surface area contributed by atoms with Crippen molar-refractivity contribution in [2.75, 3.05) is 26.4 Å². The Morgan fingerprint density at radius 1 is 0.366 bits per heavy atom. The summed E-state index contributed by atoms with van der Waals surface area (Å²) in [5.41, 5.74) is 0. The summed E-state index contributed by atoms with van der Waals surface area (Å²) in [6, 6.07) is -1.01. The first kappa shape index (κ1) is 91.1. The molecule has 3 aliphatic rings. The number of allylic oxidation sites excluding steroid dienone is 21. The van der Waals surface area contributed by atoms with E-state index in [2.05, 4.69) is 141 Å². The monoisotopic (exact) mass is 1420 g/mol. The molecule has 1 amide bonds. The molecule has 3 rings (SSSR count). The second-order valence-electron chi connectivity index (χ2n) is 27.1. The Morgan fingerprint density at radius 2 is 0.683 bits per heavy atom. The molecule has 3 saturated heterocycles. The molecule has 19 heteroatoms. The van der Waals surface area contributed by atoms with E-state index in [1.807, 2.05) is 6.08 Å². The molecule has 0 radical (unpaired) electrons. The van der Waals surface area contributed by atoms with Gasteiger partial charge in [-0.25, -0.2) is 0 Å². The van der Waals surface area contributed by atoms with Crippen molar-refractivity contribution >= 4 is 5.91 Å². The van der Waals surface area contributed by atoms with Crippen molar-refractivity contribution < 1.29 is 89.4 Å². The number of nitrogens with one attached hydrogen (secondary N) is 1. The largest absolute Gasteiger partial charge is 0.394 e. The van der Waals surface area contributed by atoms with Gasteiger partial charge in [-0.15, -0.1) is 0 Å². The van der Waals surface area contributed by atoms with Crippen molar-refractivity contribution in [3.8, 4) is 0 Å². The number of aliphatic hydroxyl groups is 11. The summed E-state index contributed by atoms with van der Waals surface area (Å²) in [7, 11) is 0. The van der Waals surface area contributed by atoms with Crippen molar-refractivity contribution in [3.63, 3.8) is 0 Å². The van der Waals surface area contributed by atoms with E-state index in [-0.39, 0.29) is 18.9 Å². The van der Waals surface area contributed by atoms with Crippen LogP contribution >= 0.6 is 0 Å². The van der Waals surface area contributed by atoms with Crippen LogP contribution in [-0.2, 0) is 33.2 Å². The molecule has 0 aromatic rings. The van der Waals surface area contributed by atoms with Crippen molar-refractivity contribution in [2.24, 2.45) is 0 Å². The summed E-state index contributed by atoms with van der Waals surface area (Å²) in [6.45, 7) is 1.59. The molecule has 17 unspecified atom stereocenters. The smallest absolute Gasteiger partial charge is 0.220 e. The van der Waals surface area contributed by atoms with Crippen LogP contribution in [0.2, 0.25) is 0 Å². The third kappa shape index (κ3) is 41.4. The summed E-state index contributed by atoms with van der Waals surface area (Å²) in [4.78, 5) is 13.4. The van der Waals surface area contributed by atoms with Crippen LogP contribution in [0, 0.1) is 0 Å². The molecule has 12 N–H and O–H groups in total. The van der Waals surface area contributed by atoms with Gasteiger partial charge in [-0.1, -0.05) is 276 Å². The zero-order chi connectivity index (χ0) is 73.2. The van der Waals surface area contributed by atoms with E-state index in [4.69, 9.17) is 28.4 Å². The zero-order valence-corrected chi connectivity index (χ0v) is 61.6. The normalized spacial score (nSPS) is 27.1. The molecule has 3 aliphatic heterocycles. The van der Waals surface area contributed by atoms with Gasteiger partial charge in [0.1, 0.15) is 73.2 Å². The first-order valence-corrected chi connectivity index (χ1v) is 38.9. The minimum Gasteiger partial charge on any atom is -0.394 e. The van der Waals surface area contributed by atoms with Crippen molar-refractivity contribution in [1.82, 2.24) is 5.32 Å².